The topological polar surface area (TPSA) is 94.1 Å². The fraction of sp³-hybridized carbons (Fsp3) is 0.250. The number of methoxy groups -OCH3 is 1. The van der Waals surface area contributed by atoms with Crippen molar-refractivity contribution < 1.29 is 28.9 Å². The van der Waals surface area contributed by atoms with Crippen LogP contribution in [0.4, 0.5) is 10.5 Å². The fourth-order valence-electron chi connectivity index (χ4n) is 3.41. The van der Waals surface area contributed by atoms with Crippen LogP contribution in [0.25, 0.3) is 10.8 Å². The molecule has 0 unspecified atom stereocenters. The highest BCUT2D eigenvalue weighted by molar-refractivity contribution is 9.10. The second-order valence-corrected chi connectivity index (χ2v) is 8.35. The average molecular weight is 534 g/mol. The summed E-state index contributed by atoms with van der Waals surface area (Å²) in [5.41, 5.74) is 0.941. The first kappa shape index (κ1) is 24.9. The molecule has 2 atom stereocenters. The van der Waals surface area contributed by atoms with E-state index in [4.69, 9.17) is 14.2 Å². The van der Waals surface area contributed by atoms with Crippen LogP contribution < -0.4 is 5.32 Å². The molecule has 0 heterocycles. The lowest BCUT2D eigenvalue weighted by atomic mass is 10.0. The number of benzene rings is 3. The number of nitrogens with one attached hydrogen (secondary N) is 1. The second kappa shape index (κ2) is 11.9. The van der Waals surface area contributed by atoms with Crippen molar-refractivity contribution >= 4 is 57.1 Å². The number of aromatic hydroxyl groups is 1. The molecule has 0 spiro atoms. The number of phenolic OH excluding ortho intramolecular Hbond substituents is 1. The minimum atomic E-state index is -0.975. The molecule has 0 radical (unpaired) electrons. The average Bonchev–Trinajstić information content (AvgIpc) is 2.82. The standard InChI is InChI=1S/C24H24BrNO6S/c1-30-21(11-12-31-22(28)14-33)23(18-13-16(25)9-10-20(18)27)32-24(29)26-19-8-4-6-15-5-2-3-7-17(15)19/h2-10,13,21,23,27,33H,11-12,14H2,1H3,(H,26,29)/t21-,23-/m0/s1. The zero-order valence-corrected chi connectivity index (χ0v) is 20.3. The van der Waals surface area contributed by atoms with Gasteiger partial charge in [-0.3, -0.25) is 10.1 Å². The van der Waals surface area contributed by atoms with E-state index in [9.17, 15) is 14.7 Å². The number of halogens is 1. The summed E-state index contributed by atoms with van der Waals surface area (Å²) in [5.74, 6) is -0.572. The molecule has 33 heavy (non-hydrogen) atoms. The summed E-state index contributed by atoms with van der Waals surface area (Å²) in [7, 11) is 1.46. The van der Waals surface area contributed by atoms with Gasteiger partial charge in [0.25, 0.3) is 0 Å². The third-order valence-electron chi connectivity index (χ3n) is 4.99. The van der Waals surface area contributed by atoms with Gasteiger partial charge in [-0.05, 0) is 29.7 Å². The summed E-state index contributed by atoms with van der Waals surface area (Å²) >= 11 is 7.26. The Hall–Kier alpha value is -2.75. The number of hydrogen-bond acceptors (Lipinski definition) is 7. The lowest BCUT2D eigenvalue weighted by Gasteiger charge is -2.27. The molecule has 0 aliphatic rings. The fourth-order valence-corrected chi connectivity index (χ4v) is 3.88. The lowest BCUT2D eigenvalue weighted by Crippen LogP contribution is -2.29. The van der Waals surface area contributed by atoms with Gasteiger partial charge in [0.15, 0.2) is 6.10 Å². The molecule has 174 valence electrons. The van der Waals surface area contributed by atoms with Gasteiger partial charge in [0.2, 0.25) is 0 Å². The highest BCUT2D eigenvalue weighted by Gasteiger charge is 2.30. The van der Waals surface area contributed by atoms with E-state index in [1.54, 1.807) is 18.2 Å². The van der Waals surface area contributed by atoms with Crippen molar-refractivity contribution in [2.75, 3.05) is 24.8 Å². The molecule has 9 heteroatoms. The van der Waals surface area contributed by atoms with Gasteiger partial charge in [0, 0.05) is 29.0 Å². The van der Waals surface area contributed by atoms with Crippen LogP contribution in [0.3, 0.4) is 0 Å². The van der Waals surface area contributed by atoms with E-state index in [0.717, 1.165) is 10.8 Å². The highest BCUT2D eigenvalue weighted by atomic mass is 79.9. The van der Waals surface area contributed by atoms with Crippen LogP contribution in [0.5, 0.6) is 5.75 Å². The maximum absolute atomic E-state index is 12.9. The van der Waals surface area contributed by atoms with E-state index >= 15 is 0 Å². The lowest BCUT2D eigenvalue weighted by molar-refractivity contribution is -0.141. The van der Waals surface area contributed by atoms with Crippen molar-refractivity contribution in [2.45, 2.75) is 18.6 Å². The molecule has 3 rings (SSSR count). The molecule has 1 amide bonds. The minimum absolute atomic E-state index is 0.0392. The zero-order valence-electron chi connectivity index (χ0n) is 17.9. The Morgan fingerprint density at radius 2 is 1.88 bits per heavy atom. The van der Waals surface area contributed by atoms with Gasteiger partial charge in [-0.15, -0.1) is 0 Å². The van der Waals surface area contributed by atoms with Crippen molar-refractivity contribution in [1.82, 2.24) is 0 Å². The van der Waals surface area contributed by atoms with Gasteiger partial charge in [0.1, 0.15) is 11.9 Å². The third-order valence-corrected chi connectivity index (χ3v) is 5.74. The first-order chi connectivity index (χ1) is 15.9. The Kier molecular flexibility index (Phi) is 8.99. The van der Waals surface area contributed by atoms with Crippen LogP contribution in [0.2, 0.25) is 0 Å². The largest absolute Gasteiger partial charge is 0.508 e. The summed E-state index contributed by atoms with van der Waals surface area (Å²) in [6.07, 6.45) is -2.16. The molecule has 2 N–H and O–H groups in total. The molecule has 0 saturated carbocycles. The predicted octanol–water partition coefficient (Wildman–Crippen LogP) is 5.48. The number of phenols is 1. The summed E-state index contributed by atoms with van der Waals surface area (Å²) in [5, 5.41) is 15.1. The first-order valence-electron chi connectivity index (χ1n) is 10.2. The van der Waals surface area contributed by atoms with Crippen molar-refractivity contribution in [3.63, 3.8) is 0 Å². The van der Waals surface area contributed by atoms with Crippen molar-refractivity contribution in [3.05, 3.63) is 70.7 Å². The van der Waals surface area contributed by atoms with Crippen molar-refractivity contribution in [1.29, 1.82) is 0 Å². The zero-order chi connectivity index (χ0) is 23.8. The van der Waals surface area contributed by atoms with E-state index < -0.39 is 24.3 Å². The molecule has 0 bridgehead atoms. The number of carbonyl (C=O) groups is 2. The molecule has 0 aromatic heterocycles. The normalized spacial score (nSPS) is 12.7. The summed E-state index contributed by atoms with van der Waals surface area (Å²) in [6, 6.07) is 18.0. The molecular formula is C24H24BrNO6S. The number of carbonyl (C=O) groups excluding carboxylic acids is 2. The van der Waals surface area contributed by atoms with Crippen LogP contribution in [0, 0.1) is 0 Å². The Bertz CT molecular complexity index is 1120. The molecule has 0 aliphatic heterocycles. The summed E-state index contributed by atoms with van der Waals surface area (Å²) in [6.45, 7) is 0.0392. The van der Waals surface area contributed by atoms with E-state index in [0.29, 0.717) is 15.7 Å². The number of esters is 1. The monoisotopic (exact) mass is 533 g/mol. The number of hydrogen-bond donors (Lipinski definition) is 3. The predicted molar refractivity (Wildman–Crippen MR) is 133 cm³/mol. The second-order valence-electron chi connectivity index (χ2n) is 7.12. The summed E-state index contributed by atoms with van der Waals surface area (Å²) < 4.78 is 17.1. The smallest absolute Gasteiger partial charge is 0.412 e. The molecule has 0 fully saturated rings. The third kappa shape index (κ3) is 6.63. The van der Waals surface area contributed by atoms with Gasteiger partial charge in [-0.2, -0.15) is 12.6 Å². The number of thiol groups is 1. The maximum Gasteiger partial charge on any atom is 0.412 e. The van der Waals surface area contributed by atoms with Gasteiger partial charge in [-0.25, -0.2) is 4.79 Å². The molecule has 3 aromatic rings. The molecule has 0 saturated heterocycles. The van der Waals surface area contributed by atoms with Crippen molar-refractivity contribution in [2.24, 2.45) is 0 Å². The number of rotatable bonds is 9. The van der Waals surface area contributed by atoms with Crippen LogP contribution >= 0.6 is 28.6 Å². The van der Waals surface area contributed by atoms with Crippen molar-refractivity contribution in [3.8, 4) is 5.75 Å². The van der Waals surface area contributed by atoms with Gasteiger partial charge >= 0.3 is 12.1 Å². The maximum atomic E-state index is 12.9. The van der Waals surface area contributed by atoms with Gasteiger partial charge in [0.05, 0.1) is 18.0 Å². The van der Waals surface area contributed by atoms with Gasteiger partial charge in [-0.1, -0.05) is 52.3 Å². The number of ether oxygens (including phenoxy) is 3. The SMILES string of the molecule is CO[C@@H](CCOC(=O)CS)[C@@H](OC(=O)Nc1cccc2ccccc12)c1cc(Br)ccc1O. The van der Waals surface area contributed by atoms with E-state index in [2.05, 4.69) is 33.9 Å². The van der Waals surface area contributed by atoms with Crippen LogP contribution in [-0.2, 0) is 19.0 Å². The number of anilines is 1. The first-order valence-corrected chi connectivity index (χ1v) is 11.6. The summed E-state index contributed by atoms with van der Waals surface area (Å²) in [4.78, 5) is 24.3. The quantitative estimate of drug-likeness (QED) is 0.249. The molecule has 0 aliphatic carbocycles. The van der Waals surface area contributed by atoms with E-state index in [1.165, 1.54) is 13.2 Å². The molecular weight excluding hydrogens is 510 g/mol. The molecule has 7 nitrogen and oxygen atoms in total. The Morgan fingerprint density at radius 3 is 2.64 bits per heavy atom. The van der Waals surface area contributed by atoms with Crippen LogP contribution in [-0.4, -0.2) is 42.7 Å². The number of amides is 1. The Labute approximate surface area is 205 Å². The van der Waals surface area contributed by atoms with E-state index in [-0.39, 0.29) is 24.5 Å². The highest BCUT2D eigenvalue weighted by Crippen LogP contribution is 2.35. The van der Waals surface area contributed by atoms with Crippen LogP contribution in [0.1, 0.15) is 18.1 Å². The Balaban J connectivity index is 1.84. The van der Waals surface area contributed by atoms with Crippen LogP contribution in [0.15, 0.2) is 65.1 Å². The molecule has 3 aromatic carbocycles. The van der Waals surface area contributed by atoms with Gasteiger partial charge < -0.3 is 19.3 Å². The number of fused-ring (bicyclic) bond motifs is 1. The van der Waals surface area contributed by atoms with E-state index in [1.807, 2.05) is 36.4 Å². The Morgan fingerprint density at radius 1 is 1.12 bits per heavy atom. The minimum Gasteiger partial charge on any atom is -0.508 e.